The van der Waals surface area contributed by atoms with Gasteiger partial charge in [0.2, 0.25) is 0 Å². The van der Waals surface area contributed by atoms with E-state index in [0.29, 0.717) is 6.61 Å². The Balaban J connectivity index is 2.50. The summed E-state index contributed by atoms with van der Waals surface area (Å²) in [5.74, 6) is 0.938. The van der Waals surface area contributed by atoms with Crippen molar-refractivity contribution in [2.45, 2.75) is 27.3 Å². The Labute approximate surface area is 98.3 Å². The summed E-state index contributed by atoms with van der Waals surface area (Å²) in [6.07, 6.45) is 2.08. The van der Waals surface area contributed by atoms with Gasteiger partial charge in [-0.1, -0.05) is 24.6 Å². The van der Waals surface area contributed by atoms with Gasteiger partial charge in [-0.25, -0.2) is 0 Å². The predicted molar refractivity (Wildman–Crippen MR) is 68.7 cm³/mol. The van der Waals surface area contributed by atoms with Crippen LogP contribution < -0.4 is 10.1 Å². The van der Waals surface area contributed by atoms with E-state index in [9.17, 15) is 0 Å². The third kappa shape index (κ3) is 4.99. The van der Waals surface area contributed by atoms with Crippen molar-refractivity contribution in [2.75, 3.05) is 13.2 Å². The molecule has 1 aromatic carbocycles. The molecular weight excluding hydrogens is 198 g/mol. The van der Waals surface area contributed by atoms with E-state index in [-0.39, 0.29) is 0 Å². The van der Waals surface area contributed by atoms with E-state index in [2.05, 4.69) is 44.3 Å². The van der Waals surface area contributed by atoms with Crippen molar-refractivity contribution in [3.05, 3.63) is 41.5 Å². The summed E-state index contributed by atoms with van der Waals surface area (Å²) >= 11 is 0. The molecule has 0 atom stereocenters. The van der Waals surface area contributed by atoms with Crippen LogP contribution in [0.15, 0.2) is 35.9 Å². The molecule has 0 saturated carbocycles. The molecule has 0 bridgehead atoms. The molecule has 0 aliphatic heterocycles. The van der Waals surface area contributed by atoms with Crippen LogP contribution in [0.3, 0.4) is 0 Å². The molecular formula is C14H21NO. The van der Waals surface area contributed by atoms with Gasteiger partial charge in [0.15, 0.2) is 0 Å². The molecule has 1 N–H and O–H groups in total. The second kappa shape index (κ2) is 7.07. The smallest absolute Gasteiger partial charge is 0.120 e. The molecule has 88 valence electrons. The van der Waals surface area contributed by atoms with Crippen LogP contribution in [0.5, 0.6) is 5.75 Å². The fourth-order valence-electron chi connectivity index (χ4n) is 1.32. The van der Waals surface area contributed by atoms with Gasteiger partial charge in [0, 0.05) is 6.54 Å². The molecule has 0 aliphatic rings. The second-order valence-corrected chi connectivity index (χ2v) is 4.02. The minimum Gasteiger partial charge on any atom is -0.490 e. The number of ether oxygens (including phenoxy) is 1. The Kier molecular flexibility index (Phi) is 5.65. The van der Waals surface area contributed by atoms with E-state index < -0.39 is 0 Å². The summed E-state index contributed by atoms with van der Waals surface area (Å²) in [5.41, 5.74) is 2.54. The number of hydrogen-bond donors (Lipinski definition) is 1. The van der Waals surface area contributed by atoms with Crippen LogP contribution in [0.25, 0.3) is 0 Å². The standard InChI is InChI=1S/C14H21NO/c1-4-15-11-13-6-5-7-14(10-13)16-9-8-12(2)3/h5-8,10,15H,4,9,11H2,1-3H3. The predicted octanol–water partition coefficient (Wildman–Crippen LogP) is 3.14. The molecule has 0 saturated heterocycles. The van der Waals surface area contributed by atoms with Gasteiger partial charge in [-0.2, -0.15) is 0 Å². The highest BCUT2D eigenvalue weighted by molar-refractivity contribution is 5.28. The third-order valence-corrected chi connectivity index (χ3v) is 2.22. The highest BCUT2D eigenvalue weighted by atomic mass is 16.5. The molecule has 0 unspecified atom stereocenters. The van der Waals surface area contributed by atoms with Crippen LogP contribution in [0.4, 0.5) is 0 Å². The maximum Gasteiger partial charge on any atom is 0.120 e. The summed E-state index contributed by atoms with van der Waals surface area (Å²) in [4.78, 5) is 0. The second-order valence-electron chi connectivity index (χ2n) is 4.02. The van der Waals surface area contributed by atoms with Crippen molar-refractivity contribution in [1.29, 1.82) is 0 Å². The SMILES string of the molecule is CCNCc1cccc(OCC=C(C)C)c1. The van der Waals surface area contributed by atoms with Crippen LogP contribution in [0, 0.1) is 0 Å². The van der Waals surface area contributed by atoms with Gasteiger partial charge in [0.25, 0.3) is 0 Å². The van der Waals surface area contributed by atoms with Gasteiger partial charge in [0.1, 0.15) is 12.4 Å². The quantitative estimate of drug-likeness (QED) is 0.742. The van der Waals surface area contributed by atoms with E-state index in [1.807, 2.05) is 12.1 Å². The van der Waals surface area contributed by atoms with Crippen molar-refractivity contribution in [2.24, 2.45) is 0 Å². The monoisotopic (exact) mass is 219 g/mol. The van der Waals surface area contributed by atoms with E-state index in [1.165, 1.54) is 11.1 Å². The molecule has 0 amide bonds. The van der Waals surface area contributed by atoms with Gasteiger partial charge < -0.3 is 10.1 Å². The van der Waals surface area contributed by atoms with Gasteiger partial charge in [-0.05, 0) is 44.2 Å². The molecule has 16 heavy (non-hydrogen) atoms. The first-order valence-corrected chi connectivity index (χ1v) is 5.78. The average Bonchev–Trinajstić information content (AvgIpc) is 2.26. The lowest BCUT2D eigenvalue weighted by molar-refractivity contribution is 0.361. The Morgan fingerprint density at radius 3 is 2.88 bits per heavy atom. The summed E-state index contributed by atoms with van der Waals surface area (Å²) < 4.78 is 5.63. The molecule has 0 fully saturated rings. The molecule has 0 heterocycles. The number of benzene rings is 1. The lowest BCUT2D eigenvalue weighted by Gasteiger charge is -2.06. The maximum absolute atomic E-state index is 5.63. The molecule has 0 spiro atoms. The highest BCUT2D eigenvalue weighted by Crippen LogP contribution is 2.13. The first kappa shape index (κ1) is 12.8. The Bertz CT molecular complexity index is 340. The fourth-order valence-corrected chi connectivity index (χ4v) is 1.32. The minimum absolute atomic E-state index is 0.646. The zero-order valence-corrected chi connectivity index (χ0v) is 10.4. The average molecular weight is 219 g/mol. The van der Waals surface area contributed by atoms with Crippen LogP contribution >= 0.6 is 0 Å². The van der Waals surface area contributed by atoms with Crippen LogP contribution in [0.1, 0.15) is 26.3 Å². The van der Waals surface area contributed by atoms with Crippen molar-refractivity contribution in [3.63, 3.8) is 0 Å². The van der Waals surface area contributed by atoms with E-state index in [0.717, 1.165) is 18.8 Å². The normalized spacial score (nSPS) is 9.94. The highest BCUT2D eigenvalue weighted by Gasteiger charge is 1.95. The summed E-state index contributed by atoms with van der Waals surface area (Å²) in [6, 6.07) is 8.22. The molecule has 0 aliphatic carbocycles. The van der Waals surface area contributed by atoms with Crippen LogP contribution in [-0.2, 0) is 6.54 Å². The van der Waals surface area contributed by atoms with Crippen LogP contribution in [-0.4, -0.2) is 13.2 Å². The van der Waals surface area contributed by atoms with Gasteiger partial charge in [-0.15, -0.1) is 0 Å². The first-order chi connectivity index (χ1) is 7.72. The molecule has 0 aromatic heterocycles. The Hall–Kier alpha value is -1.28. The van der Waals surface area contributed by atoms with Crippen LogP contribution in [0.2, 0.25) is 0 Å². The molecule has 2 heteroatoms. The van der Waals surface area contributed by atoms with Crippen molar-refractivity contribution < 1.29 is 4.74 Å². The largest absolute Gasteiger partial charge is 0.490 e. The molecule has 1 aromatic rings. The van der Waals surface area contributed by atoms with Gasteiger partial charge in [-0.3, -0.25) is 0 Å². The van der Waals surface area contributed by atoms with E-state index in [1.54, 1.807) is 0 Å². The van der Waals surface area contributed by atoms with Gasteiger partial charge >= 0.3 is 0 Å². The molecule has 1 rings (SSSR count). The van der Waals surface area contributed by atoms with E-state index >= 15 is 0 Å². The number of rotatable bonds is 6. The Morgan fingerprint density at radius 1 is 1.38 bits per heavy atom. The van der Waals surface area contributed by atoms with Gasteiger partial charge in [0.05, 0.1) is 0 Å². The van der Waals surface area contributed by atoms with E-state index in [4.69, 9.17) is 4.74 Å². The summed E-state index contributed by atoms with van der Waals surface area (Å²) in [5, 5.41) is 3.30. The third-order valence-electron chi connectivity index (χ3n) is 2.22. The van der Waals surface area contributed by atoms with Crippen molar-refractivity contribution >= 4 is 0 Å². The Morgan fingerprint density at radius 2 is 2.19 bits per heavy atom. The number of allylic oxidation sites excluding steroid dienone is 1. The lowest BCUT2D eigenvalue weighted by Crippen LogP contribution is -2.11. The molecule has 2 nitrogen and oxygen atoms in total. The fraction of sp³-hybridized carbons (Fsp3) is 0.429. The maximum atomic E-state index is 5.63. The zero-order valence-electron chi connectivity index (χ0n) is 10.4. The lowest BCUT2D eigenvalue weighted by atomic mass is 10.2. The minimum atomic E-state index is 0.646. The topological polar surface area (TPSA) is 21.3 Å². The first-order valence-electron chi connectivity index (χ1n) is 5.78. The zero-order chi connectivity index (χ0) is 11.8. The number of hydrogen-bond acceptors (Lipinski definition) is 2. The van der Waals surface area contributed by atoms with Crippen molar-refractivity contribution in [3.8, 4) is 5.75 Å². The number of nitrogens with one attached hydrogen (secondary N) is 1. The summed E-state index contributed by atoms with van der Waals surface area (Å²) in [6.45, 7) is 8.79. The summed E-state index contributed by atoms with van der Waals surface area (Å²) in [7, 11) is 0. The van der Waals surface area contributed by atoms with Crippen molar-refractivity contribution in [1.82, 2.24) is 5.32 Å². The molecule has 0 radical (unpaired) electrons.